The second-order valence-electron chi connectivity index (χ2n) is 22.0. The number of carbonyl (C=O) groups is 1. The van der Waals surface area contributed by atoms with E-state index in [1.165, 1.54) is 167 Å². The van der Waals surface area contributed by atoms with Gasteiger partial charge in [-0.1, -0.05) is 265 Å². The maximum absolute atomic E-state index is 13.0. The summed E-state index contributed by atoms with van der Waals surface area (Å²) in [6.45, 7) is 4.51. The molecule has 0 saturated carbocycles. The Morgan fingerprint density at radius 2 is 0.827 bits per heavy atom. The summed E-state index contributed by atoms with van der Waals surface area (Å²) < 4.78 is 23.3. The Hall–Kier alpha value is -2.58. The lowest BCUT2D eigenvalue weighted by atomic mass is 10.0. The minimum atomic E-state index is -4.61. The van der Waals surface area contributed by atoms with Crippen molar-refractivity contribution in [2.75, 3.05) is 40.9 Å². The Kier molecular flexibility index (Phi) is 54.2. The molecule has 8 nitrogen and oxygen atoms in total. The van der Waals surface area contributed by atoms with Gasteiger partial charge in [-0.05, 0) is 89.9 Å². The number of rotatable bonds is 56. The number of hydrogen-bond donors (Lipinski definition) is 2. The molecule has 0 bridgehead atoms. The van der Waals surface area contributed by atoms with E-state index < -0.39 is 26.6 Å². The van der Waals surface area contributed by atoms with Gasteiger partial charge >= 0.3 is 0 Å². The van der Waals surface area contributed by atoms with Gasteiger partial charge in [0, 0.05) is 6.42 Å². The van der Waals surface area contributed by atoms with Crippen molar-refractivity contribution in [3.8, 4) is 0 Å². The Labute approximate surface area is 464 Å². The summed E-state index contributed by atoms with van der Waals surface area (Å²) in [6.07, 6.45) is 80.8. The molecule has 0 aromatic rings. The Morgan fingerprint density at radius 1 is 0.480 bits per heavy atom. The van der Waals surface area contributed by atoms with Crippen molar-refractivity contribution >= 4 is 13.7 Å². The SMILES string of the molecule is CC/C=C\C/C=C\C/C=C\C/C=C\C/C=C\CCCCCCCCCCCCCCCCCCCCCC(=O)NC(COP(=O)([O-])OCC[N+](C)(C)C)C(O)/C=C/CC/C=C/CC/C=C/CCCCCCCCCC. The Morgan fingerprint density at radius 3 is 1.24 bits per heavy atom. The van der Waals surface area contributed by atoms with Crippen molar-refractivity contribution < 1.29 is 32.9 Å². The van der Waals surface area contributed by atoms with Gasteiger partial charge < -0.3 is 28.8 Å². The zero-order chi connectivity index (χ0) is 54.9. The topological polar surface area (TPSA) is 108 Å². The van der Waals surface area contributed by atoms with Gasteiger partial charge in [-0.3, -0.25) is 9.36 Å². The number of nitrogens with one attached hydrogen (secondary N) is 1. The van der Waals surface area contributed by atoms with E-state index >= 15 is 0 Å². The van der Waals surface area contributed by atoms with Gasteiger partial charge in [-0.25, -0.2) is 0 Å². The highest BCUT2D eigenvalue weighted by molar-refractivity contribution is 7.45. The number of carbonyl (C=O) groups excluding carboxylic acids is 1. The molecule has 434 valence electrons. The molecular weight excluding hydrogens is 948 g/mol. The van der Waals surface area contributed by atoms with Crippen LogP contribution in [0.1, 0.15) is 264 Å². The van der Waals surface area contributed by atoms with Gasteiger partial charge in [0.15, 0.2) is 0 Å². The molecule has 0 rings (SSSR count). The second kappa shape index (κ2) is 56.2. The largest absolute Gasteiger partial charge is 0.756 e. The molecule has 0 radical (unpaired) electrons. The lowest BCUT2D eigenvalue weighted by Crippen LogP contribution is -2.45. The summed E-state index contributed by atoms with van der Waals surface area (Å²) >= 11 is 0. The maximum Gasteiger partial charge on any atom is 0.268 e. The third kappa shape index (κ3) is 58.9. The van der Waals surface area contributed by atoms with Crippen LogP contribution in [-0.2, 0) is 18.4 Å². The van der Waals surface area contributed by atoms with Crippen molar-refractivity contribution in [3.63, 3.8) is 0 Å². The highest BCUT2D eigenvalue weighted by atomic mass is 31.2. The summed E-state index contributed by atoms with van der Waals surface area (Å²) in [5.41, 5.74) is 0. The number of phosphoric acid groups is 1. The number of aliphatic hydroxyl groups excluding tert-OH is 1. The number of phosphoric ester groups is 1. The third-order valence-corrected chi connectivity index (χ3v) is 14.5. The smallest absolute Gasteiger partial charge is 0.268 e. The fourth-order valence-electron chi connectivity index (χ4n) is 8.68. The predicted octanol–water partition coefficient (Wildman–Crippen LogP) is 18.7. The number of quaternary nitrogens is 1. The second-order valence-corrected chi connectivity index (χ2v) is 23.4. The zero-order valence-corrected chi connectivity index (χ0v) is 50.4. The lowest BCUT2D eigenvalue weighted by Gasteiger charge is -2.29. The summed E-state index contributed by atoms with van der Waals surface area (Å²) in [7, 11) is 1.23. The normalized spacial score (nSPS) is 14.5. The fourth-order valence-corrected chi connectivity index (χ4v) is 9.41. The molecule has 3 unspecified atom stereocenters. The minimum absolute atomic E-state index is 0.0112. The van der Waals surface area contributed by atoms with Crippen LogP contribution in [0.25, 0.3) is 0 Å². The van der Waals surface area contributed by atoms with E-state index in [0.29, 0.717) is 17.4 Å². The Balaban J connectivity index is 4.09. The number of allylic oxidation sites excluding steroid dienone is 15. The van der Waals surface area contributed by atoms with E-state index in [9.17, 15) is 19.4 Å². The van der Waals surface area contributed by atoms with Crippen LogP contribution in [0.4, 0.5) is 0 Å². The third-order valence-electron chi connectivity index (χ3n) is 13.5. The fraction of sp³-hybridized carbons (Fsp3) is 0.742. The molecular formula is C66H119N2O6P. The van der Waals surface area contributed by atoms with Crippen molar-refractivity contribution in [1.82, 2.24) is 5.32 Å². The standard InChI is InChI=1S/C66H119N2O6P/c1-6-8-10-12-14-16-18-20-22-24-26-27-28-29-30-31-32-33-34-35-36-37-38-39-40-41-42-44-46-48-50-52-54-56-58-60-66(70)67-64(63-74-75(71,72)73-62-61-68(3,4)5)65(69)59-57-55-53-51-49-47-45-43-25-23-21-19-17-15-13-11-9-7-2/h8,10,14,16,20,22,25-27,29-30,43,49,51,57,59,64-65,69H,6-7,9,11-13,15,17-19,21,23-24,28,31-42,44-48,50,52-56,58,60-63H2,1-5H3,(H-,67,70,71,72)/b10-8-,16-14-,22-20-,27-26-,30-29-,43-25+,51-49+,59-57+. The minimum Gasteiger partial charge on any atom is -0.756 e. The predicted molar refractivity (Wildman–Crippen MR) is 325 cm³/mol. The number of hydrogen-bond acceptors (Lipinski definition) is 6. The van der Waals surface area contributed by atoms with Crippen molar-refractivity contribution in [2.24, 2.45) is 0 Å². The first-order valence-corrected chi connectivity index (χ1v) is 32.6. The molecule has 0 heterocycles. The number of amides is 1. The molecule has 2 N–H and O–H groups in total. The van der Waals surface area contributed by atoms with Crippen LogP contribution in [0.5, 0.6) is 0 Å². The molecule has 0 aromatic carbocycles. The highest BCUT2D eigenvalue weighted by Gasteiger charge is 2.23. The monoisotopic (exact) mass is 1070 g/mol. The quantitative estimate of drug-likeness (QED) is 0.0272. The van der Waals surface area contributed by atoms with Crippen molar-refractivity contribution in [2.45, 2.75) is 276 Å². The molecule has 0 aliphatic carbocycles. The average Bonchev–Trinajstić information content (AvgIpc) is 3.37. The van der Waals surface area contributed by atoms with Crippen LogP contribution in [0.2, 0.25) is 0 Å². The summed E-state index contributed by atoms with van der Waals surface area (Å²) in [5.74, 6) is -0.211. The maximum atomic E-state index is 13.0. The Bertz CT molecular complexity index is 1540. The first-order valence-electron chi connectivity index (χ1n) is 31.1. The molecule has 0 aliphatic rings. The summed E-state index contributed by atoms with van der Waals surface area (Å²) in [4.78, 5) is 25.5. The van der Waals surface area contributed by atoms with Crippen LogP contribution in [0.15, 0.2) is 97.2 Å². The molecule has 0 saturated heterocycles. The lowest BCUT2D eigenvalue weighted by molar-refractivity contribution is -0.870. The number of unbranched alkanes of at least 4 members (excludes halogenated alkanes) is 29. The van der Waals surface area contributed by atoms with Gasteiger partial charge in [0.1, 0.15) is 13.2 Å². The molecule has 75 heavy (non-hydrogen) atoms. The van der Waals surface area contributed by atoms with Crippen LogP contribution in [-0.4, -0.2) is 68.5 Å². The van der Waals surface area contributed by atoms with Crippen LogP contribution < -0.4 is 10.2 Å². The van der Waals surface area contributed by atoms with E-state index in [1.807, 2.05) is 27.2 Å². The first kappa shape index (κ1) is 72.4. The molecule has 0 aromatic heterocycles. The highest BCUT2D eigenvalue weighted by Crippen LogP contribution is 2.38. The van der Waals surface area contributed by atoms with E-state index in [0.717, 1.165) is 77.0 Å². The molecule has 1 amide bonds. The van der Waals surface area contributed by atoms with E-state index in [-0.39, 0.29) is 12.5 Å². The molecule has 3 atom stereocenters. The number of likely N-dealkylation sites (N-methyl/N-ethyl adjacent to an activating group) is 1. The van der Waals surface area contributed by atoms with Gasteiger partial charge in [0.25, 0.3) is 7.82 Å². The molecule has 9 heteroatoms. The van der Waals surface area contributed by atoms with Crippen LogP contribution in [0, 0.1) is 0 Å². The van der Waals surface area contributed by atoms with Crippen LogP contribution in [0.3, 0.4) is 0 Å². The van der Waals surface area contributed by atoms with E-state index in [1.54, 1.807) is 6.08 Å². The summed E-state index contributed by atoms with van der Waals surface area (Å²) in [5, 5.41) is 13.9. The first-order chi connectivity index (χ1) is 36.5. The van der Waals surface area contributed by atoms with Gasteiger partial charge in [-0.2, -0.15) is 0 Å². The zero-order valence-electron chi connectivity index (χ0n) is 49.5. The van der Waals surface area contributed by atoms with Crippen molar-refractivity contribution in [3.05, 3.63) is 97.2 Å². The average molecular weight is 1070 g/mol. The molecule has 0 aliphatic heterocycles. The van der Waals surface area contributed by atoms with E-state index in [4.69, 9.17) is 9.05 Å². The summed E-state index contributed by atoms with van der Waals surface area (Å²) in [6, 6.07) is -0.914. The van der Waals surface area contributed by atoms with Gasteiger partial charge in [0.05, 0.1) is 39.9 Å². The number of nitrogens with zero attached hydrogens (tertiary/aromatic N) is 1. The van der Waals surface area contributed by atoms with E-state index in [2.05, 4.69) is 104 Å². The van der Waals surface area contributed by atoms with Crippen molar-refractivity contribution in [1.29, 1.82) is 0 Å². The molecule has 0 fully saturated rings. The van der Waals surface area contributed by atoms with Crippen LogP contribution >= 0.6 is 7.82 Å². The van der Waals surface area contributed by atoms with Gasteiger partial charge in [0.2, 0.25) is 5.91 Å². The van der Waals surface area contributed by atoms with Gasteiger partial charge in [-0.15, -0.1) is 0 Å². The molecule has 0 spiro atoms. The number of aliphatic hydroxyl groups is 1.